The molecule has 1 aromatic heterocycles. The number of aromatic nitrogens is 2. The van der Waals surface area contributed by atoms with Crippen LogP contribution in [-0.4, -0.2) is 20.6 Å². The summed E-state index contributed by atoms with van der Waals surface area (Å²) in [5, 5.41) is 8.78. The molecule has 0 saturated carbocycles. The van der Waals surface area contributed by atoms with E-state index in [4.69, 9.17) is 5.11 Å². The third kappa shape index (κ3) is 2.63. The molecule has 0 radical (unpaired) electrons. The fourth-order valence-corrected chi connectivity index (χ4v) is 1.63. The largest absolute Gasteiger partial charge is 0.477 e. The van der Waals surface area contributed by atoms with Gasteiger partial charge in [0.2, 0.25) is 0 Å². The van der Waals surface area contributed by atoms with Gasteiger partial charge in [-0.3, -0.25) is 14.3 Å². The van der Waals surface area contributed by atoms with Crippen molar-refractivity contribution >= 4 is 5.97 Å². The Balaban J connectivity index is 2.51. The first-order valence-electron chi connectivity index (χ1n) is 5.39. The maximum Gasteiger partial charge on any atom is 0.342 e. The number of rotatable bonds is 3. The Morgan fingerprint density at radius 1 is 1.30 bits per heavy atom. The van der Waals surface area contributed by atoms with Gasteiger partial charge >= 0.3 is 11.7 Å². The monoisotopic (exact) mass is 282 g/mol. The third-order valence-corrected chi connectivity index (χ3v) is 2.59. The molecule has 0 amide bonds. The van der Waals surface area contributed by atoms with E-state index in [1.807, 2.05) is 0 Å². The van der Waals surface area contributed by atoms with Gasteiger partial charge in [0.25, 0.3) is 5.56 Å². The van der Waals surface area contributed by atoms with E-state index in [0.29, 0.717) is 0 Å². The number of carboxylic acid groups (broad SMARTS) is 1. The first-order valence-corrected chi connectivity index (χ1v) is 5.39. The number of halogens is 2. The number of H-pyrrole nitrogens is 1. The van der Waals surface area contributed by atoms with E-state index >= 15 is 0 Å². The maximum atomic E-state index is 13.5. The van der Waals surface area contributed by atoms with E-state index in [9.17, 15) is 23.2 Å². The molecule has 104 valence electrons. The second-order valence-corrected chi connectivity index (χ2v) is 3.97. The molecule has 2 rings (SSSR count). The highest BCUT2D eigenvalue weighted by atomic mass is 19.1. The normalized spacial score (nSPS) is 10.5. The minimum atomic E-state index is -1.53. The molecule has 2 aromatic rings. The van der Waals surface area contributed by atoms with Crippen molar-refractivity contribution in [2.45, 2.75) is 6.54 Å². The molecule has 2 N–H and O–H groups in total. The Hall–Kier alpha value is -2.77. The fourth-order valence-electron chi connectivity index (χ4n) is 1.63. The van der Waals surface area contributed by atoms with Crippen molar-refractivity contribution in [1.82, 2.24) is 9.55 Å². The van der Waals surface area contributed by atoms with Crippen LogP contribution in [0.25, 0.3) is 0 Å². The summed E-state index contributed by atoms with van der Waals surface area (Å²) in [7, 11) is 0. The summed E-state index contributed by atoms with van der Waals surface area (Å²) in [5.74, 6) is -2.97. The van der Waals surface area contributed by atoms with Gasteiger partial charge in [-0.15, -0.1) is 0 Å². The molecular weight excluding hydrogens is 274 g/mol. The molecule has 0 unspecified atom stereocenters. The van der Waals surface area contributed by atoms with Crippen LogP contribution in [-0.2, 0) is 6.54 Å². The molecule has 0 saturated heterocycles. The zero-order valence-corrected chi connectivity index (χ0v) is 9.89. The average molecular weight is 282 g/mol. The molecule has 0 fully saturated rings. The lowest BCUT2D eigenvalue weighted by molar-refractivity contribution is 0.0693. The molecule has 1 aromatic carbocycles. The van der Waals surface area contributed by atoms with Crippen LogP contribution in [0.2, 0.25) is 0 Å². The van der Waals surface area contributed by atoms with Crippen molar-refractivity contribution in [2.24, 2.45) is 0 Å². The van der Waals surface area contributed by atoms with Crippen LogP contribution in [0.4, 0.5) is 8.78 Å². The van der Waals surface area contributed by atoms with E-state index in [0.717, 1.165) is 29.0 Å². The Bertz CT molecular complexity index is 795. The lowest BCUT2D eigenvalue weighted by Gasteiger charge is -2.07. The van der Waals surface area contributed by atoms with E-state index in [2.05, 4.69) is 0 Å². The molecule has 1 heterocycles. The number of carbonyl (C=O) groups is 1. The number of nitrogens with zero attached hydrogens (tertiary/aromatic N) is 1. The molecule has 8 heteroatoms. The van der Waals surface area contributed by atoms with Gasteiger partial charge in [-0.1, -0.05) is 0 Å². The van der Waals surface area contributed by atoms with Gasteiger partial charge in [-0.2, -0.15) is 0 Å². The smallest absolute Gasteiger partial charge is 0.342 e. The van der Waals surface area contributed by atoms with Crippen molar-refractivity contribution in [3.63, 3.8) is 0 Å². The summed E-state index contributed by atoms with van der Waals surface area (Å²) < 4.78 is 27.3. The topological polar surface area (TPSA) is 92.2 Å². The summed E-state index contributed by atoms with van der Waals surface area (Å²) >= 11 is 0. The van der Waals surface area contributed by atoms with Gasteiger partial charge in [0.1, 0.15) is 17.2 Å². The second-order valence-electron chi connectivity index (χ2n) is 3.97. The quantitative estimate of drug-likeness (QED) is 0.860. The SMILES string of the molecule is O=C(O)c1cn(Cc2cc(F)ccc2F)c(=O)[nH]c1=O. The Morgan fingerprint density at radius 2 is 2.00 bits per heavy atom. The molecule has 0 spiro atoms. The number of aromatic carboxylic acids is 1. The molecular formula is C12H8F2N2O4. The highest BCUT2D eigenvalue weighted by Crippen LogP contribution is 2.10. The zero-order chi connectivity index (χ0) is 14.9. The van der Waals surface area contributed by atoms with Crippen molar-refractivity contribution in [3.8, 4) is 0 Å². The van der Waals surface area contributed by atoms with Crippen LogP contribution in [0.15, 0.2) is 34.0 Å². The zero-order valence-electron chi connectivity index (χ0n) is 9.89. The predicted octanol–water partition coefficient (Wildman–Crippen LogP) is 0.561. The van der Waals surface area contributed by atoms with Crippen LogP contribution in [0.3, 0.4) is 0 Å². The number of nitrogens with one attached hydrogen (secondary N) is 1. The van der Waals surface area contributed by atoms with Gasteiger partial charge in [-0.05, 0) is 18.2 Å². The van der Waals surface area contributed by atoms with Gasteiger partial charge in [0.05, 0.1) is 6.54 Å². The minimum absolute atomic E-state index is 0.143. The van der Waals surface area contributed by atoms with Crippen LogP contribution in [0.1, 0.15) is 15.9 Å². The number of carboxylic acids is 1. The summed E-state index contributed by atoms with van der Waals surface area (Å²) in [6.07, 6.45) is 0.786. The Morgan fingerprint density at radius 3 is 2.65 bits per heavy atom. The van der Waals surface area contributed by atoms with Gasteiger partial charge in [0, 0.05) is 11.8 Å². The van der Waals surface area contributed by atoms with E-state index in [1.165, 1.54) is 0 Å². The van der Waals surface area contributed by atoms with Gasteiger partial charge in [-0.25, -0.2) is 18.4 Å². The molecule has 6 nitrogen and oxygen atoms in total. The average Bonchev–Trinajstić information content (AvgIpc) is 2.36. The summed E-state index contributed by atoms with van der Waals surface area (Å²) in [6.45, 7) is -0.403. The van der Waals surface area contributed by atoms with Crippen LogP contribution in [0, 0.1) is 11.6 Å². The Kier molecular flexibility index (Phi) is 3.47. The van der Waals surface area contributed by atoms with Crippen LogP contribution < -0.4 is 11.2 Å². The number of hydrogen-bond acceptors (Lipinski definition) is 3. The molecule has 0 aliphatic carbocycles. The first-order chi connectivity index (χ1) is 9.38. The lowest BCUT2D eigenvalue weighted by Crippen LogP contribution is -2.33. The summed E-state index contributed by atoms with van der Waals surface area (Å²) in [5.41, 5.74) is -2.78. The predicted molar refractivity (Wildman–Crippen MR) is 63.7 cm³/mol. The molecule has 0 bridgehead atoms. The maximum absolute atomic E-state index is 13.5. The molecule has 20 heavy (non-hydrogen) atoms. The summed E-state index contributed by atoms with van der Waals surface area (Å²) in [4.78, 5) is 35.3. The van der Waals surface area contributed by atoms with Gasteiger partial charge < -0.3 is 5.11 Å². The van der Waals surface area contributed by atoms with Crippen molar-refractivity contribution < 1.29 is 18.7 Å². The molecule has 0 atom stereocenters. The minimum Gasteiger partial charge on any atom is -0.477 e. The van der Waals surface area contributed by atoms with Gasteiger partial charge in [0.15, 0.2) is 0 Å². The van der Waals surface area contributed by atoms with Crippen molar-refractivity contribution in [1.29, 1.82) is 0 Å². The van der Waals surface area contributed by atoms with Crippen LogP contribution >= 0.6 is 0 Å². The fraction of sp³-hybridized carbons (Fsp3) is 0.0833. The first kappa shape index (κ1) is 13.7. The number of hydrogen-bond donors (Lipinski definition) is 2. The second kappa shape index (κ2) is 5.08. The number of aromatic amines is 1. The highest BCUT2D eigenvalue weighted by Gasteiger charge is 2.13. The summed E-state index contributed by atoms with van der Waals surface area (Å²) in [6, 6.07) is 2.68. The van der Waals surface area contributed by atoms with E-state index in [-0.39, 0.29) is 5.56 Å². The highest BCUT2D eigenvalue weighted by molar-refractivity contribution is 5.86. The standard InChI is InChI=1S/C12H8F2N2O4/c13-7-1-2-9(14)6(3-7)4-16-5-8(11(18)19)10(17)15-12(16)20/h1-3,5H,4H2,(H,18,19)(H,15,17,20). The third-order valence-electron chi connectivity index (χ3n) is 2.59. The molecule has 0 aliphatic heterocycles. The molecule has 0 aliphatic rings. The van der Waals surface area contributed by atoms with E-state index in [1.54, 1.807) is 4.98 Å². The Labute approximate surface area is 109 Å². The van der Waals surface area contributed by atoms with Crippen molar-refractivity contribution in [2.75, 3.05) is 0 Å². The number of benzene rings is 1. The lowest BCUT2D eigenvalue weighted by atomic mass is 10.2. The van der Waals surface area contributed by atoms with Crippen LogP contribution in [0.5, 0.6) is 0 Å². The van der Waals surface area contributed by atoms with E-state index < -0.39 is 41.0 Å². The van der Waals surface area contributed by atoms with Crippen molar-refractivity contribution in [3.05, 3.63) is 68.0 Å².